The molecule has 0 atom stereocenters. The zero-order valence-corrected chi connectivity index (χ0v) is 16.1. The Labute approximate surface area is 159 Å². The molecule has 0 aliphatic heterocycles. The van der Waals surface area contributed by atoms with E-state index in [2.05, 4.69) is 26.7 Å². The molecule has 2 N–H and O–H groups in total. The second-order valence-corrected chi connectivity index (χ2v) is 6.96. The summed E-state index contributed by atoms with van der Waals surface area (Å²) in [6.07, 6.45) is 0. The summed E-state index contributed by atoms with van der Waals surface area (Å²) >= 11 is 0. The van der Waals surface area contributed by atoms with Crippen LogP contribution in [-0.2, 0) is 0 Å². The van der Waals surface area contributed by atoms with E-state index in [0.29, 0.717) is 17.3 Å². The number of carbonyl (C=O) groups is 1. The van der Waals surface area contributed by atoms with E-state index in [1.54, 1.807) is 6.07 Å². The molecule has 138 valence electrons. The zero-order valence-electron chi connectivity index (χ0n) is 16.1. The van der Waals surface area contributed by atoms with E-state index in [9.17, 15) is 4.79 Å². The molecule has 0 fully saturated rings. The summed E-state index contributed by atoms with van der Waals surface area (Å²) in [4.78, 5) is 21.9. The second kappa shape index (κ2) is 7.99. The van der Waals surface area contributed by atoms with Gasteiger partial charge in [-0.2, -0.15) is 0 Å². The zero-order chi connectivity index (χ0) is 19.4. The van der Waals surface area contributed by atoms with Crippen molar-refractivity contribution in [1.82, 2.24) is 9.97 Å². The fourth-order valence-corrected chi connectivity index (χ4v) is 2.89. The Morgan fingerprint density at radius 2 is 1.59 bits per heavy atom. The molecule has 1 amide bonds. The van der Waals surface area contributed by atoms with Gasteiger partial charge in [-0.1, -0.05) is 36.4 Å². The lowest BCUT2D eigenvalue weighted by atomic mass is 10.1. The van der Waals surface area contributed by atoms with Gasteiger partial charge >= 0.3 is 0 Å². The van der Waals surface area contributed by atoms with Crippen molar-refractivity contribution in [3.63, 3.8) is 0 Å². The van der Waals surface area contributed by atoms with E-state index in [1.165, 1.54) is 0 Å². The number of rotatable bonds is 5. The first-order chi connectivity index (χ1) is 12.9. The fraction of sp³-hybridized carbons (Fsp3) is 0.227. The summed E-state index contributed by atoms with van der Waals surface area (Å²) in [5.41, 5.74) is 4.15. The Morgan fingerprint density at radius 3 is 2.22 bits per heavy atom. The molecule has 1 aromatic heterocycles. The molecular weight excluding hydrogens is 336 g/mol. The van der Waals surface area contributed by atoms with E-state index >= 15 is 0 Å². The maximum atomic E-state index is 12.8. The molecule has 27 heavy (non-hydrogen) atoms. The van der Waals surface area contributed by atoms with E-state index in [0.717, 1.165) is 22.4 Å². The van der Waals surface area contributed by atoms with Crippen molar-refractivity contribution < 1.29 is 4.79 Å². The predicted molar refractivity (Wildman–Crippen MR) is 110 cm³/mol. The van der Waals surface area contributed by atoms with Crippen LogP contribution in [0.3, 0.4) is 0 Å². The average molecular weight is 360 g/mol. The number of aromatic nitrogens is 2. The van der Waals surface area contributed by atoms with Gasteiger partial charge in [0.25, 0.3) is 5.91 Å². The molecule has 3 rings (SSSR count). The van der Waals surface area contributed by atoms with Gasteiger partial charge < -0.3 is 10.6 Å². The minimum atomic E-state index is -0.258. The highest BCUT2D eigenvalue weighted by molar-refractivity contribution is 6.03. The van der Waals surface area contributed by atoms with Crippen LogP contribution in [0.5, 0.6) is 0 Å². The number of carbonyl (C=O) groups excluding carboxylic acids is 1. The average Bonchev–Trinajstić information content (AvgIpc) is 2.60. The summed E-state index contributed by atoms with van der Waals surface area (Å²) in [6.45, 7) is 8.07. The molecule has 0 saturated heterocycles. The van der Waals surface area contributed by atoms with Crippen molar-refractivity contribution in [1.29, 1.82) is 0 Å². The van der Waals surface area contributed by atoms with Gasteiger partial charge in [-0.15, -0.1) is 0 Å². The highest BCUT2D eigenvalue weighted by Gasteiger charge is 2.14. The molecule has 3 aromatic rings. The number of amides is 1. The molecule has 0 radical (unpaired) electrons. The summed E-state index contributed by atoms with van der Waals surface area (Å²) < 4.78 is 0. The Balaban J connectivity index is 1.96. The van der Waals surface area contributed by atoms with E-state index in [-0.39, 0.29) is 11.9 Å². The number of hydrogen-bond acceptors (Lipinski definition) is 4. The first kappa shape index (κ1) is 18.6. The van der Waals surface area contributed by atoms with E-state index in [4.69, 9.17) is 0 Å². The Bertz CT molecular complexity index is 932. The molecule has 0 saturated carbocycles. The van der Waals surface area contributed by atoms with Gasteiger partial charge in [0.1, 0.15) is 11.5 Å². The fourth-order valence-electron chi connectivity index (χ4n) is 2.89. The van der Waals surface area contributed by atoms with Gasteiger partial charge in [0.15, 0.2) is 5.82 Å². The van der Waals surface area contributed by atoms with Crippen LogP contribution in [0.2, 0.25) is 0 Å². The molecule has 0 bridgehead atoms. The maximum Gasteiger partial charge on any atom is 0.274 e. The number of aryl methyl sites for hydroxylation is 2. The largest absolute Gasteiger partial charge is 0.368 e. The number of benzene rings is 2. The lowest BCUT2D eigenvalue weighted by Crippen LogP contribution is -2.17. The van der Waals surface area contributed by atoms with Gasteiger partial charge in [-0.05, 0) is 51.0 Å². The highest BCUT2D eigenvalue weighted by Crippen LogP contribution is 2.20. The number of nitrogens with one attached hydrogen (secondary N) is 2. The van der Waals surface area contributed by atoms with Crippen LogP contribution < -0.4 is 10.6 Å². The molecule has 1 heterocycles. The van der Waals surface area contributed by atoms with Crippen molar-refractivity contribution in [2.24, 2.45) is 0 Å². The predicted octanol–water partition coefficient (Wildman–Crippen LogP) is 4.83. The number of hydrogen-bond donors (Lipinski definition) is 2. The Hall–Kier alpha value is -3.21. The third kappa shape index (κ3) is 4.91. The smallest absolute Gasteiger partial charge is 0.274 e. The molecule has 0 spiro atoms. The van der Waals surface area contributed by atoms with Gasteiger partial charge in [-0.25, -0.2) is 9.97 Å². The Kier molecular flexibility index (Phi) is 5.50. The molecule has 0 aliphatic carbocycles. The maximum absolute atomic E-state index is 12.8. The summed E-state index contributed by atoms with van der Waals surface area (Å²) in [6, 6.07) is 17.5. The molecule has 0 unspecified atom stereocenters. The monoisotopic (exact) mass is 360 g/mol. The normalized spacial score (nSPS) is 10.7. The lowest BCUT2D eigenvalue weighted by molar-refractivity contribution is 0.102. The van der Waals surface area contributed by atoms with Gasteiger partial charge in [-0.3, -0.25) is 4.79 Å². The number of nitrogens with zero attached hydrogens (tertiary/aromatic N) is 2. The van der Waals surface area contributed by atoms with Crippen molar-refractivity contribution in [2.75, 3.05) is 10.6 Å². The SMILES string of the molecule is Cc1cc(C)cc(NC(=O)c2cc(NC(C)C)nc(-c3ccccc3)n2)c1. The molecule has 5 nitrogen and oxygen atoms in total. The molecular formula is C22H24N4O. The minimum absolute atomic E-state index is 0.193. The topological polar surface area (TPSA) is 66.9 Å². The Morgan fingerprint density at radius 1 is 0.926 bits per heavy atom. The van der Waals surface area contributed by atoms with Crippen LogP contribution in [0.25, 0.3) is 11.4 Å². The van der Waals surface area contributed by atoms with Crippen LogP contribution in [0, 0.1) is 13.8 Å². The van der Waals surface area contributed by atoms with Crippen molar-refractivity contribution in [3.05, 3.63) is 71.4 Å². The molecule has 0 aliphatic rings. The van der Waals surface area contributed by atoms with Crippen molar-refractivity contribution in [3.8, 4) is 11.4 Å². The highest BCUT2D eigenvalue weighted by atomic mass is 16.1. The van der Waals surface area contributed by atoms with Gasteiger partial charge in [0.2, 0.25) is 0 Å². The second-order valence-electron chi connectivity index (χ2n) is 6.96. The quantitative estimate of drug-likeness (QED) is 0.684. The van der Waals surface area contributed by atoms with E-state index < -0.39 is 0 Å². The van der Waals surface area contributed by atoms with Crippen molar-refractivity contribution >= 4 is 17.4 Å². The summed E-state index contributed by atoms with van der Waals surface area (Å²) in [5.74, 6) is 0.891. The van der Waals surface area contributed by atoms with Crippen LogP contribution in [0.4, 0.5) is 11.5 Å². The standard InChI is InChI=1S/C22H24N4O/c1-14(2)23-20-13-19(25-21(26-20)17-8-6-5-7-9-17)22(27)24-18-11-15(3)10-16(4)12-18/h5-14H,1-4H3,(H,24,27)(H,23,25,26). The third-order valence-electron chi connectivity index (χ3n) is 3.91. The van der Waals surface area contributed by atoms with Gasteiger partial charge in [0.05, 0.1) is 0 Å². The summed E-state index contributed by atoms with van der Waals surface area (Å²) in [7, 11) is 0. The number of anilines is 2. The van der Waals surface area contributed by atoms with E-state index in [1.807, 2.05) is 70.2 Å². The first-order valence-electron chi connectivity index (χ1n) is 9.01. The third-order valence-corrected chi connectivity index (χ3v) is 3.91. The van der Waals surface area contributed by atoms with Crippen LogP contribution >= 0.6 is 0 Å². The van der Waals surface area contributed by atoms with Crippen molar-refractivity contribution in [2.45, 2.75) is 33.7 Å². The van der Waals surface area contributed by atoms with Crippen LogP contribution in [-0.4, -0.2) is 21.9 Å². The molecule has 5 heteroatoms. The van der Waals surface area contributed by atoms with Crippen LogP contribution in [0.15, 0.2) is 54.6 Å². The first-order valence-corrected chi connectivity index (χ1v) is 9.01. The van der Waals surface area contributed by atoms with Gasteiger partial charge in [0, 0.05) is 23.4 Å². The minimum Gasteiger partial charge on any atom is -0.368 e. The van der Waals surface area contributed by atoms with Crippen LogP contribution in [0.1, 0.15) is 35.5 Å². The molecule has 2 aromatic carbocycles. The summed E-state index contributed by atoms with van der Waals surface area (Å²) in [5, 5.41) is 6.20. The lowest BCUT2D eigenvalue weighted by Gasteiger charge is -2.13.